The summed E-state index contributed by atoms with van der Waals surface area (Å²) in [5, 5.41) is 8.87. The lowest BCUT2D eigenvalue weighted by Gasteiger charge is -2.28. The number of hydrogen-bond acceptors (Lipinski definition) is 3. The zero-order valence-corrected chi connectivity index (χ0v) is 15.1. The van der Waals surface area contributed by atoms with Crippen molar-refractivity contribution in [1.82, 2.24) is 10.6 Å². The van der Waals surface area contributed by atoms with Crippen LogP contribution in [-0.2, 0) is 4.79 Å². The van der Waals surface area contributed by atoms with Gasteiger partial charge in [-0.15, -0.1) is 0 Å². The molecule has 6 nitrogen and oxygen atoms in total. The SMILES string of the molecule is COc1ccc([C@H]2NC(=O)NC(C)=C2C(=O)Nc2ccc(Cl)cc2)cc1. The van der Waals surface area contributed by atoms with E-state index in [0.29, 0.717) is 27.7 Å². The Hall–Kier alpha value is -2.99. The van der Waals surface area contributed by atoms with Gasteiger partial charge in [-0.1, -0.05) is 23.7 Å². The molecule has 26 heavy (non-hydrogen) atoms. The van der Waals surface area contributed by atoms with Crippen LogP contribution in [0.2, 0.25) is 5.02 Å². The van der Waals surface area contributed by atoms with Crippen molar-refractivity contribution in [2.45, 2.75) is 13.0 Å². The molecule has 2 aromatic rings. The van der Waals surface area contributed by atoms with Crippen LogP contribution in [0.5, 0.6) is 5.75 Å². The first-order chi connectivity index (χ1) is 12.5. The standard InChI is InChI=1S/C19H18ClN3O3/c1-11-16(18(24)22-14-7-5-13(20)6-8-14)17(23-19(25)21-11)12-3-9-15(26-2)10-4-12/h3-10,17H,1-2H3,(H,22,24)(H2,21,23,25)/t17-/m1/s1. The number of carbonyl (C=O) groups excluding carboxylic acids is 2. The number of carbonyl (C=O) groups is 2. The molecular weight excluding hydrogens is 354 g/mol. The number of benzene rings is 2. The van der Waals surface area contributed by atoms with E-state index in [9.17, 15) is 9.59 Å². The minimum absolute atomic E-state index is 0.307. The van der Waals surface area contributed by atoms with Gasteiger partial charge in [-0.05, 0) is 48.9 Å². The molecule has 0 unspecified atom stereocenters. The maximum absolute atomic E-state index is 12.9. The third-order valence-corrected chi connectivity index (χ3v) is 4.32. The van der Waals surface area contributed by atoms with Crippen LogP contribution in [0.25, 0.3) is 0 Å². The molecule has 3 amide bonds. The second kappa shape index (κ2) is 7.49. The number of anilines is 1. The molecule has 0 spiro atoms. The second-order valence-electron chi connectivity index (χ2n) is 5.80. The summed E-state index contributed by atoms with van der Waals surface area (Å²) < 4.78 is 5.16. The maximum atomic E-state index is 12.9. The maximum Gasteiger partial charge on any atom is 0.319 e. The molecular formula is C19H18ClN3O3. The topological polar surface area (TPSA) is 79.5 Å². The Balaban J connectivity index is 1.91. The van der Waals surface area contributed by atoms with Crippen LogP contribution in [0.4, 0.5) is 10.5 Å². The van der Waals surface area contributed by atoms with Gasteiger partial charge in [0.05, 0.1) is 18.7 Å². The normalized spacial score (nSPS) is 16.6. The molecule has 0 saturated heterocycles. The molecule has 3 N–H and O–H groups in total. The third kappa shape index (κ3) is 3.81. The van der Waals surface area contributed by atoms with E-state index in [1.54, 1.807) is 50.4 Å². The Morgan fingerprint density at radius 1 is 1.12 bits per heavy atom. The van der Waals surface area contributed by atoms with Crippen LogP contribution in [-0.4, -0.2) is 19.0 Å². The molecule has 0 radical (unpaired) electrons. The van der Waals surface area contributed by atoms with E-state index in [1.807, 2.05) is 12.1 Å². The van der Waals surface area contributed by atoms with Crippen LogP contribution >= 0.6 is 11.6 Å². The van der Waals surface area contributed by atoms with Gasteiger partial charge in [-0.2, -0.15) is 0 Å². The first-order valence-electron chi connectivity index (χ1n) is 7.97. The zero-order valence-electron chi connectivity index (χ0n) is 14.3. The summed E-state index contributed by atoms with van der Waals surface area (Å²) >= 11 is 5.87. The molecule has 2 aromatic carbocycles. The van der Waals surface area contributed by atoms with Gasteiger partial charge in [0.2, 0.25) is 0 Å². The first-order valence-corrected chi connectivity index (χ1v) is 8.35. The van der Waals surface area contributed by atoms with Crippen LogP contribution in [0, 0.1) is 0 Å². The van der Waals surface area contributed by atoms with Crippen molar-refractivity contribution < 1.29 is 14.3 Å². The van der Waals surface area contributed by atoms with Crippen molar-refractivity contribution in [1.29, 1.82) is 0 Å². The van der Waals surface area contributed by atoms with Crippen LogP contribution in [0.1, 0.15) is 18.5 Å². The number of methoxy groups -OCH3 is 1. The Morgan fingerprint density at radius 3 is 2.38 bits per heavy atom. The summed E-state index contributed by atoms with van der Waals surface area (Å²) in [7, 11) is 1.58. The highest BCUT2D eigenvalue weighted by Crippen LogP contribution is 2.29. The summed E-state index contributed by atoms with van der Waals surface area (Å²) in [5.74, 6) is 0.389. The van der Waals surface area contributed by atoms with Crippen LogP contribution in [0.15, 0.2) is 59.8 Å². The minimum Gasteiger partial charge on any atom is -0.497 e. The van der Waals surface area contributed by atoms with Crippen molar-refractivity contribution in [3.05, 3.63) is 70.4 Å². The largest absolute Gasteiger partial charge is 0.497 e. The number of rotatable bonds is 4. The van der Waals surface area contributed by atoms with Crippen molar-refractivity contribution >= 4 is 29.2 Å². The molecule has 7 heteroatoms. The molecule has 1 aliphatic rings. The van der Waals surface area contributed by atoms with Crippen molar-refractivity contribution in [2.75, 3.05) is 12.4 Å². The molecule has 0 bridgehead atoms. The van der Waals surface area contributed by atoms with Crippen LogP contribution < -0.4 is 20.7 Å². The monoisotopic (exact) mass is 371 g/mol. The van der Waals surface area contributed by atoms with Gasteiger partial charge in [0, 0.05) is 16.4 Å². The number of amides is 3. The van der Waals surface area contributed by atoms with Gasteiger partial charge in [-0.25, -0.2) is 4.79 Å². The van der Waals surface area contributed by atoms with E-state index in [0.717, 1.165) is 5.56 Å². The Kier molecular flexibility index (Phi) is 5.14. The Morgan fingerprint density at radius 2 is 1.77 bits per heavy atom. The molecule has 1 heterocycles. The van der Waals surface area contributed by atoms with Crippen molar-refractivity contribution in [3.63, 3.8) is 0 Å². The van der Waals surface area contributed by atoms with Crippen LogP contribution in [0.3, 0.4) is 0 Å². The van der Waals surface area contributed by atoms with Gasteiger partial charge in [0.15, 0.2) is 0 Å². The molecule has 1 aliphatic heterocycles. The number of halogens is 1. The molecule has 1 atom stereocenters. The van der Waals surface area contributed by atoms with Gasteiger partial charge >= 0.3 is 6.03 Å². The van der Waals surface area contributed by atoms with Gasteiger partial charge < -0.3 is 20.7 Å². The summed E-state index contributed by atoms with van der Waals surface area (Å²) in [6.07, 6.45) is 0. The van der Waals surface area contributed by atoms with Crippen molar-refractivity contribution in [2.24, 2.45) is 0 Å². The van der Waals surface area contributed by atoms with E-state index in [1.165, 1.54) is 0 Å². The average Bonchev–Trinajstić information content (AvgIpc) is 2.63. The Bertz CT molecular complexity index is 861. The van der Waals surface area contributed by atoms with Crippen molar-refractivity contribution in [3.8, 4) is 5.75 Å². The quantitative estimate of drug-likeness (QED) is 0.768. The number of hydrogen-bond donors (Lipinski definition) is 3. The average molecular weight is 372 g/mol. The highest BCUT2D eigenvalue weighted by atomic mass is 35.5. The molecule has 134 valence electrons. The summed E-state index contributed by atoms with van der Waals surface area (Å²) in [6.45, 7) is 1.70. The zero-order chi connectivity index (χ0) is 18.7. The highest BCUT2D eigenvalue weighted by Gasteiger charge is 2.31. The fourth-order valence-electron chi connectivity index (χ4n) is 2.77. The molecule has 0 fully saturated rings. The number of nitrogens with one attached hydrogen (secondary N) is 3. The fraction of sp³-hybridized carbons (Fsp3) is 0.158. The van der Waals surface area contributed by atoms with Gasteiger partial charge in [-0.3, -0.25) is 4.79 Å². The first kappa shape index (κ1) is 17.8. The minimum atomic E-state index is -0.568. The predicted octanol–water partition coefficient (Wildman–Crippen LogP) is 3.62. The highest BCUT2D eigenvalue weighted by molar-refractivity contribution is 6.30. The third-order valence-electron chi connectivity index (χ3n) is 4.06. The lowest BCUT2D eigenvalue weighted by Crippen LogP contribution is -2.45. The summed E-state index contributed by atoms with van der Waals surface area (Å²) in [5.41, 5.74) is 2.33. The lowest BCUT2D eigenvalue weighted by atomic mass is 9.94. The van der Waals surface area contributed by atoms with E-state index >= 15 is 0 Å². The van der Waals surface area contributed by atoms with E-state index in [-0.39, 0.29) is 11.9 Å². The molecule has 0 aromatic heterocycles. The summed E-state index contributed by atoms with van der Waals surface area (Å²) in [6, 6.07) is 13.1. The smallest absolute Gasteiger partial charge is 0.319 e. The Labute approximate surface area is 156 Å². The van der Waals surface area contributed by atoms with E-state index < -0.39 is 6.04 Å². The molecule has 3 rings (SSSR count). The summed E-state index contributed by atoms with van der Waals surface area (Å²) in [4.78, 5) is 24.8. The molecule has 0 saturated carbocycles. The number of allylic oxidation sites excluding steroid dienone is 1. The lowest BCUT2D eigenvalue weighted by molar-refractivity contribution is -0.113. The predicted molar refractivity (Wildman–Crippen MR) is 100 cm³/mol. The van der Waals surface area contributed by atoms with Gasteiger partial charge in [0.1, 0.15) is 5.75 Å². The number of urea groups is 1. The van der Waals surface area contributed by atoms with Gasteiger partial charge in [0.25, 0.3) is 5.91 Å². The molecule has 0 aliphatic carbocycles. The van der Waals surface area contributed by atoms with E-state index in [2.05, 4.69) is 16.0 Å². The number of ether oxygens (including phenoxy) is 1. The second-order valence-corrected chi connectivity index (χ2v) is 6.24. The van der Waals surface area contributed by atoms with E-state index in [4.69, 9.17) is 16.3 Å². The fourth-order valence-corrected chi connectivity index (χ4v) is 2.90.